The molecule has 3 atom stereocenters. The lowest BCUT2D eigenvalue weighted by Crippen LogP contribution is -2.57. The highest BCUT2D eigenvalue weighted by molar-refractivity contribution is 5.93. The number of carbonyl (C=O) groups is 4. The minimum Gasteiger partial charge on any atom is -0.458 e. The van der Waals surface area contributed by atoms with Crippen molar-refractivity contribution >= 4 is 23.9 Å². The predicted molar refractivity (Wildman–Crippen MR) is 188 cm³/mol. The number of esters is 1. The maximum atomic E-state index is 13.9. The summed E-state index contributed by atoms with van der Waals surface area (Å²) in [4.78, 5) is 53.5. The first-order chi connectivity index (χ1) is 23.5. The van der Waals surface area contributed by atoms with E-state index in [0.717, 1.165) is 33.4 Å². The molecule has 49 heavy (non-hydrogen) atoms. The van der Waals surface area contributed by atoms with Crippen LogP contribution >= 0.6 is 0 Å². The molecule has 0 bridgehead atoms. The molecule has 4 aromatic carbocycles. The summed E-state index contributed by atoms with van der Waals surface area (Å²) in [6.45, 7) is 6.85. The molecule has 0 aromatic heterocycles. The number of alkyl carbamates (subject to hydrolysis) is 1. The van der Waals surface area contributed by atoms with Gasteiger partial charge in [0.2, 0.25) is 11.8 Å². The van der Waals surface area contributed by atoms with Gasteiger partial charge in [-0.15, -0.1) is 0 Å². The van der Waals surface area contributed by atoms with Crippen molar-refractivity contribution in [2.24, 2.45) is 0 Å². The summed E-state index contributed by atoms with van der Waals surface area (Å²) < 4.78 is 11.2. The average Bonchev–Trinajstić information content (AvgIpc) is 3.40. The normalized spacial score (nSPS) is 14.0. The van der Waals surface area contributed by atoms with Gasteiger partial charge in [0.1, 0.15) is 30.3 Å². The maximum absolute atomic E-state index is 13.9. The van der Waals surface area contributed by atoms with Crippen molar-refractivity contribution in [1.29, 1.82) is 0 Å². The van der Waals surface area contributed by atoms with Gasteiger partial charge in [0.05, 0.1) is 0 Å². The molecular formula is C40H43N3O6. The fourth-order valence-electron chi connectivity index (χ4n) is 5.94. The summed E-state index contributed by atoms with van der Waals surface area (Å²) in [5, 5.41) is 8.27. The molecule has 0 heterocycles. The lowest BCUT2D eigenvalue weighted by atomic mass is 9.98. The first kappa shape index (κ1) is 34.9. The average molecular weight is 662 g/mol. The minimum atomic E-state index is -1.06. The van der Waals surface area contributed by atoms with Gasteiger partial charge >= 0.3 is 12.1 Å². The lowest BCUT2D eigenvalue weighted by molar-refractivity contribution is -0.158. The van der Waals surface area contributed by atoms with Gasteiger partial charge in [0.15, 0.2) is 0 Å². The van der Waals surface area contributed by atoms with Crippen LogP contribution in [0.1, 0.15) is 55.9 Å². The summed E-state index contributed by atoms with van der Waals surface area (Å²) in [5.74, 6) is -1.87. The molecule has 9 heteroatoms. The van der Waals surface area contributed by atoms with Gasteiger partial charge in [-0.25, -0.2) is 9.59 Å². The van der Waals surface area contributed by atoms with Crippen LogP contribution in [0.3, 0.4) is 0 Å². The summed E-state index contributed by atoms with van der Waals surface area (Å²) in [6, 6.07) is 31.5. The molecule has 9 nitrogen and oxygen atoms in total. The number of hydrogen-bond donors (Lipinski definition) is 3. The third kappa shape index (κ3) is 9.34. The second-order valence-corrected chi connectivity index (χ2v) is 13.2. The molecule has 0 saturated carbocycles. The van der Waals surface area contributed by atoms with Gasteiger partial charge in [-0.05, 0) is 61.1 Å². The molecule has 5 rings (SSSR count). The Morgan fingerprint density at radius 3 is 1.59 bits per heavy atom. The standard InChI is InChI=1S/C40H43N3O6/c1-26(38(46)49-40(2,3)4)41-36(44)34(23-27-15-7-5-8-16-27)42-37(45)35(24-28-17-9-6-10-18-28)43-39(47)48-25-33-31-21-13-11-19-29(31)30-20-12-14-22-32(30)33/h5-22,26,33-35H,23-25H2,1-4H3,(H,41,44)(H,42,45)(H,43,47)/t26-,34-,35+/m0/s1. The van der Waals surface area contributed by atoms with Crippen LogP contribution in [0, 0.1) is 0 Å². The molecule has 0 fully saturated rings. The van der Waals surface area contributed by atoms with Crippen molar-refractivity contribution in [3.05, 3.63) is 131 Å². The number of benzene rings is 4. The van der Waals surface area contributed by atoms with Crippen LogP contribution in [0.25, 0.3) is 11.1 Å². The lowest BCUT2D eigenvalue weighted by Gasteiger charge is -2.26. The molecule has 0 spiro atoms. The Morgan fingerprint density at radius 2 is 1.08 bits per heavy atom. The van der Waals surface area contributed by atoms with Crippen LogP contribution in [0.4, 0.5) is 4.79 Å². The first-order valence-electron chi connectivity index (χ1n) is 16.5. The number of rotatable bonds is 12. The van der Waals surface area contributed by atoms with Gasteiger partial charge in [0, 0.05) is 18.8 Å². The van der Waals surface area contributed by atoms with E-state index in [9.17, 15) is 19.2 Å². The van der Waals surface area contributed by atoms with E-state index in [-0.39, 0.29) is 25.4 Å². The van der Waals surface area contributed by atoms with Crippen molar-refractivity contribution in [3.8, 4) is 11.1 Å². The molecule has 0 saturated heterocycles. The van der Waals surface area contributed by atoms with Crippen LogP contribution in [-0.2, 0) is 36.7 Å². The minimum absolute atomic E-state index is 0.0845. The molecule has 0 aliphatic heterocycles. The zero-order valence-electron chi connectivity index (χ0n) is 28.3. The summed E-state index contributed by atoms with van der Waals surface area (Å²) in [6.07, 6.45) is -0.437. The molecule has 3 N–H and O–H groups in total. The van der Waals surface area contributed by atoms with E-state index in [1.54, 1.807) is 20.8 Å². The van der Waals surface area contributed by atoms with E-state index in [1.165, 1.54) is 6.92 Å². The van der Waals surface area contributed by atoms with Gasteiger partial charge in [-0.2, -0.15) is 0 Å². The Morgan fingerprint density at radius 1 is 0.633 bits per heavy atom. The number of hydrogen-bond acceptors (Lipinski definition) is 6. The quantitative estimate of drug-likeness (QED) is 0.167. The Balaban J connectivity index is 1.31. The second kappa shape index (κ2) is 15.6. The van der Waals surface area contributed by atoms with Crippen LogP contribution in [-0.4, -0.2) is 54.2 Å². The van der Waals surface area contributed by atoms with E-state index in [0.29, 0.717) is 0 Å². The number of nitrogens with one attached hydrogen (secondary N) is 3. The fourth-order valence-corrected chi connectivity index (χ4v) is 5.94. The van der Waals surface area contributed by atoms with Crippen LogP contribution in [0.2, 0.25) is 0 Å². The summed E-state index contributed by atoms with van der Waals surface area (Å²) in [7, 11) is 0. The molecule has 0 unspecified atom stereocenters. The third-order valence-electron chi connectivity index (χ3n) is 8.27. The molecule has 0 radical (unpaired) electrons. The van der Waals surface area contributed by atoms with Gasteiger partial charge in [0.25, 0.3) is 0 Å². The summed E-state index contributed by atoms with van der Waals surface area (Å²) >= 11 is 0. The van der Waals surface area contributed by atoms with Gasteiger partial charge in [-0.1, -0.05) is 109 Å². The topological polar surface area (TPSA) is 123 Å². The number of fused-ring (bicyclic) bond motifs is 3. The van der Waals surface area contributed by atoms with E-state index in [4.69, 9.17) is 9.47 Å². The Hall–Kier alpha value is -5.44. The Kier molecular flexibility index (Phi) is 11.1. The monoisotopic (exact) mass is 661 g/mol. The van der Waals surface area contributed by atoms with E-state index in [1.807, 2.05) is 97.1 Å². The zero-order valence-corrected chi connectivity index (χ0v) is 28.3. The van der Waals surface area contributed by atoms with Crippen LogP contribution in [0.5, 0.6) is 0 Å². The molecule has 254 valence electrons. The van der Waals surface area contributed by atoms with E-state index >= 15 is 0 Å². The summed E-state index contributed by atoms with van der Waals surface area (Å²) in [5.41, 5.74) is 5.25. The second-order valence-electron chi connectivity index (χ2n) is 13.2. The van der Waals surface area contributed by atoms with Crippen molar-refractivity contribution in [3.63, 3.8) is 0 Å². The number of amides is 3. The predicted octanol–water partition coefficient (Wildman–Crippen LogP) is 5.71. The largest absolute Gasteiger partial charge is 0.458 e. The highest BCUT2D eigenvalue weighted by Gasteiger charge is 2.32. The molecule has 4 aromatic rings. The van der Waals surface area contributed by atoms with Crippen LogP contribution in [0.15, 0.2) is 109 Å². The molecular weight excluding hydrogens is 618 g/mol. The van der Waals surface area contributed by atoms with E-state index < -0.39 is 47.6 Å². The van der Waals surface area contributed by atoms with Gasteiger partial charge < -0.3 is 25.4 Å². The smallest absolute Gasteiger partial charge is 0.407 e. The van der Waals surface area contributed by atoms with Crippen molar-refractivity contribution in [2.45, 2.75) is 70.2 Å². The SMILES string of the molecule is C[C@H](NC(=O)[C@H](Cc1ccccc1)NC(=O)[C@@H](Cc1ccccc1)NC(=O)OCC1c2ccccc2-c2ccccc21)C(=O)OC(C)(C)C. The molecule has 3 amide bonds. The van der Waals surface area contributed by atoms with Crippen molar-refractivity contribution in [2.75, 3.05) is 6.61 Å². The number of carbonyl (C=O) groups excluding carboxylic acids is 4. The Labute approximate surface area is 287 Å². The molecule has 1 aliphatic rings. The molecule has 1 aliphatic carbocycles. The van der Waals surface area contributed by atoms with E-state index in [2.05, 4.69) is 28.1 Å². The van der Waals surface area contributed by atoms with Crippen molar-refractivity contribution in [1.82, 2.24) is 16.0 Å². The fraction of sp³-hybridized carbons (Fsp3) is 0.300. The first-order valence-corrected chi connectivity index (χ1v) is 16.5. The van der Waals surface area contributed by atoms with Crippen LogP contribution < -0.4 is 16.0 Å². The van der Waals surface area contributed by atoms with Gasteiger partial charge in [-0.3, -0.25) is 9.59 Å². The van der Waals surface area contributed by atoms with Crippen molar-refractivity contribution < 1.29 is 28.7 Å². The zero-order chi connectivity index (χ0) is 35.0. The highest BCUT2D eigenvalue weighted by atomic mass is 16.6. The highest BCUT2D eigenvalue weighted by Crippen LogP contribution is 2.44. The maximum Gasteiger partial charge on any atom is 0.407 e. The number of ether oxygens (including phenoxy) is 2. The third-order valence-corrected chi connectivity index (χ3v) is 8.27. The Bertz CT molecular complexity index is 1720.